The van der Waals surface area contributed by atoms with E-state index >= 15 is 0 Å². The third-order valence-electron chi connectivity index (χ3n) is 5.10. The summed E-state index contributed by atoms with van der Waals surface area (Å²) in [5, 5.41) is 6.07. The molecule has 2 fully saturated rings. The maximum absolute atomic E-state index is 12.4. The fourth-order valence-electron chi connectivity index (χ4n) is 3.39. The van der Waals surface area contributed by atoms with Crippen LogP contribution in [0.1, 0.15) is 45.1 Å². The van der Waals surface area contributed by atoms with Crippen LogP contribution in [0.2, 0.25) is 0 Å². The highest BCUT2D eigenvalue weighted by Gasteiger charge is 2.40. The van der Waals surface area contributed by atoms with Crippen molar-refractivity contribution < 1.29 is 14.3 Å². The quantitative estimate of drug-likeness (QED) is 0.869. The van der Waals surface area contributed by atoms with Gasteiger partial charge in [0.2, 0.25) is 11.8 Å². The molecule has 1 aliphatic carbocycles. The Hall–Kier alpha value is -1.88. The predicted octanol–water partition coefficient (Wildman–Crippen LogP) is 2.16. The number of hydrogen-bond donors (Lipinski definition) is 2. The summed E-state index contributed by atoms with van der Waals surface area (Å²) in [7, 11) is 0. The van der Waals surface area contributed by atoms with Gasteiger partial charge in [0.1, 0.15) is 0 Å². The van der Waals surface area contributed by atoms with Crippen molar-refractivity contribution in [2.24, 2.45) is 5.92 Å². The molecule has 1 aromatic rings. The summed E-state index contributed by atoms with van der Waals surface area (Å²) in [4.78, 5) is 23.9. The summed E-state index contributed by atoms with van der Waals surface area (Å²) < 4.78 is 5.85. The molecule has 1 saturated carbocycles. The van der Waals surface area contributed by atoms with Crippen LogP contribution in [0.25, 0.3) is 0 Å². The Morgan fingerprint density at radius 2 is 2.00 bits per heavy atom. The van der Waals surface area contributed by atoms with Gasteiger partial charge < -0.3 is 15.4 Å². The number of carbonyl (C=O) groups excluding carboxylic acids is 2. The second-order valence-electron chi connectivity index (χ2n) is 7.46. The average Bonchev–Trinajstić information content (AvgIpc) is 2.49. The van der Waals surface area contributed by atoms with Gasteiger partial charge >= 0.3 is 0 Å². The molecule has 0 bridgehead atoms. The fraction of sp³-hybridized carbons (Fsp3) is 0.579. The first-order valence-corrected chi connectivity index (χ1v) is 8.71. The summed E-state index contributed by atoms with van der Waals surface area (Å²) in [5.74, 6) is 0.173. The molecular formula is C19H26N2O3. The van der Waals surface area contributed by atoms with Crippen LogP contribution >= 0.6 is 0 Å². The van der Waals surface area contributed by atoms with Crippen LogP contribution in [0.5, 0.6) is 0 Å². The number of ether oxygens (including phenoxy) is 1. The molecule has 1 heterocycles. The maximum Gasteiger partial charge on any atom is 0.223 e. The molecule has 0 aromatic heterocycles. The van der Waals surface area contributed by atoms with E-state index in [9.17, 15) is 9.59 Å². The van der Waals surface area contributed by atoms with Gasteiger partial charge in [-0.15, -0.1) is 0 Å². The van der Waals surface area contributed by atoms with Gasteiger partial charge in [-0.3, -0.25) is 9.59 Å². The largest absolute Gasteiger partial charge is 0.373 e. The first-order chi connectivity index (χ1) is 11.4. The monoisotopic (exact) mass is 330 g/mol. The summed E-state index contributed by atoms with van der Waals surface area (Å²) in [5.41, 5.74) is 0.767. The van der Waals surface area contributed by atoms with Crippen molar-refractivity contribution in [2.45, 2.75) is 63.8 Å². The summed E-state index contributed by atoms with van der Waals surface area (Å²) in [6, 6.07) is 10.1. The number of benzene rings is 1. The van der Waals surface area contributed by atoms with E-state index in [2.05, 4.69) is 10.6 Å². The number of rotatable bonds is 5. The molecule has 24 heavy (non-hydrogen) atoms. The molecule has 5 nitrogen and oxygen atoms in total. The van der Waals surface area contributed by atoms with Crippen LogP contribution in [0.3, 0.4) is 0 Å². The minimum absolute atomic E-state index is 0.00742. The molecule has 1 aromatic carbocycles. The normalized spacial score (nSPS) is 28.6. The summed E-state index contributed by atoms with van der Waals surface area (Å²) >= 11 is 0. The van der Waals surface area contributed by atoms with Gasteiger partial charge in [0.25, 0.3) is 0 Å². The van der Waals surface area contributed by atoms with E-state index in [0.29, 0.717) is 19.4 Å². The number of hydrogen-bond acceptors (Lipinski definition) is 3. The van der Waals surface area contributed by atoms with Crippen molar-refractivity contribution in [3.8, 4) is 0 Å². The standard InChI is InChI=1S/C19H26N2O3/c1-19(2)16(8-9-17(22)21-19)20-18(23)14-10-15(11-14)24-12-13-6-4-3-5-7-13/h3-7,14-16H,8-12H2,1-2H3,(H,20,23)(H,21,22). The van der Waals surface area contributed by atoms with E-state index in [-0.39, 0.29) is 29.9 Å². The van der Waals surface area contributed by atoms with E-state index in [1.54, 1.807) is 0 Å². The third-order valence-corrected chi connectivity index (χ3v) is 5.10. The van der Waals surface area contributed by atoms with Crippen molar-refractivity contribution in [3.63, 3.8) is 0 Å². The molecule has 2 aliphatic rings. The van der Waals surface area contributed by atoms with Crippen molar-refractivity contribution >= 4 is 11.8 Å². The molecule has 2 N–H and O–H groups in total. The van der Waals surface area contributed by atoms with E-state index in [1.807, 2.05) is 44.2 Å². The molecule has 5 heteroatoms. The van der Waals surface area contributed by atoms with Gasteiger partial charge in [0, 0.05) is 12.3 Å². The highest BCUT2D eigenvalue weighted by Crippen LogP contribution is 2.31. The van der Waals surface area contributed by atoms with Gasteiger partial charge in [0.15, 0.2) is 0 Å². The minimum atomic E-state index is -0.391. The number of piperidine rings is 1. The smallest absolute Gasteiger partial charge is 0.223 e. The molecule has 3 rings (SSSR count). The molecule has 1 aliphatic heterocycles. The molecule has 1 saturated heterocycles. The van der Waals surface area contributed by atoms with E-state index in [1.165, 1.54) is 0 Å². The molecule has 1 atom stereocenters. The van der Waals surface area contributed by atoms with E-state index in [4.69, 9.17) is 4.74 Å². The minimum Gasteiger partial charge on any atom is -0.373 e. The number of amides is 2. The van der Waals surface area contributed by atoms with Gasteiger partial charge in [-0.25, -0.2) is 0 Å². The maximum atomic E-state index is 12.4. The predicted molar refractivity (Wildman–Crippen MR) is 91.1 cm³/mol. The molecule has 0 radical (unpaired) electrons. The average molecular weight is 330 g/mol. The van der Waals surface area contributed by atoms with Gasteiger partial charge in [-0.1, -0.05) is 30.3 Å². The Bertz CT molecular complexity index is 594. The first kappa shape index (κ1) is 17.0. The molecule has 0 spiro atoms. The van der Waals surface area contributed by atoms with Crippen LogP contribution in [0.15, 0.2) is 30.3 Å². The van der Waals surface area contributed by atoms with Crippen LogP contribution < -0.4 is 10.6 Å². The van der Waals surface area contributed by atoms with Crippen LogP contribution in [-0.2, 0) is 20.9 Å². The highest BCUT2D eigenvalue weighted by molar-refractivity contribution is 5.82. The zero-order valence-corrected chi connectivity index (χ0v) is 14.4. The van der Waals surface area contributed by atoms with Crippen LogP contribution in [-0.4, -0.2) is 29.5 Å². The lowest BCUT2D eigenvalue weighted by atomic mass is 9.80. The summed E-state index contributed by atoms with van der Waals surface area (Å²) in [6.45, 7) is 4.52. The zero-order valence-electron chi connectivity index (χ0n) is 14.4. The van der Waals surface area contributed by atoms with Gasteiger partial charge in [-0.05, 0) is 38.7 Å². The van der Waals surface area contributed by atoms with Crippen molar-refractivity contribution in [1.82, 2.24) is 10.6 Å². The second-order valence-corrected chi connectivity index (χ2v) is 7.46. The van der Waals surface area contributed by atoms with E-state index in [0.717, 1.165) is 18.4 Å². The lowest BCUT2D eigenvalue weighted by molar-refractivity contribution is -0.137. The molecular weight excluding hydrogens is 304 g/mol. The van der Waals surface area contributed by atoms with Gasteiger partial charge in [-0.2, -0.15) is 0 Å². The Morgan fingerprint density at radius 1 is 1.29 bits per heavy atom. The Kier molecular flexibility index (Phi) is 4.90. The van der Waals surface area contributed by atoms with Crippen molar-refractivity contribution in [3.05, 3.63) is 35.9 Å². The second kappa shape index (κ2) is 6.93. The SMILES string of the molecule is CC1(C)NC(=O)CCC1NC(=O)C1CC(OCc2ccccc2)C1. The zero-order chi connectivity index (χ0) is 17.2. The first-order valence-electron chi connectivity index (χ1n) is 8.71. The lowest BCUT2D eigenvalue weighted by Crippen LogP contribution is -2.63. The Balaban J connectivity index is 1.41. The molecule has 2 amide bonds. The topological polar surface area (TPSA) is 67.4 Å². The van der Waals surface area contributed by atoms with Gasteiger partial charge in [0.05, 0.1) is 24.3 Å². The Morgan fingerprint density at radius 3 is 2.67 bits per heavy atom. The fourth-order valence-corrected chi connectivity index (χ4v) is 3.39. The number of nitrogens with one attached hydrogen (secondary N) is 2. The molecule has 1 unspecified atom stereocenters. The van der Waals surface area contributed by atoms with E-state index < -0.39 is 5.54 Å². The van der Waals surface area contributed by atoms with Crippen LogP contribution in [0, 0.1) is 5.92 Å². The van der Waals surface area contributed by atoms with Crippen LogP contribution in [0.4, 0.5) is 0 Å². The number of carbonyl (C=O) groups is 2. The third kappa shape index (κ3) is 3.96. The van der Waals surface area contributed by atoms with Crippen molar-refractivity contribution in [1.29, 1.82) is 0 Å². The Labute approximate surface area is 143 Å². The summed E-state index contributed by atoms with van der Waals surface area (Å²) in [6.07, 6.45) is 2.89. The highest BCUT2D eigenvalue weighted by atomic mass is 16.5. The lowest BCUT2D eigenvalue weighted by Gasteiger charge is -2.41. The molecule has 130 valence electrons. The van der Waals surface area contributed by atoms with Crippen molar-refractivity contribution in [2.75, 3.05) is 0 Å².